The second-order valence-electron chi connectivity index (χ2n) is 4.82. The molecule has 1 aromatic rings. The fourth-order valence-electron chi connectivity index (χ4n) is 2.32. The van der Waals surface area contributed by atoms with Gasteiger partial charge in [0.15, 0.2) is 5.97 Å². The van der Waals surface area contributed by atoms with E-state index in [1.165, 1.54) is 12.1 Å². The van der Waals surface area contributed by atoms with Crippen molar-refractivity contribution in [3.63, 3.8) is 0 Å². The van der Waals surface area contributed by atoms with Gasteiger partial charge in [0.2, 0.25) is 0 Å². The van der Waals surface area contributed by atoms with Crippen LogP contribution in [0.1, 0.15) is 24.8 Å². The number of benzene rings is 1. The van der Waals surface area contributed by atoms with Crippen LogP contribution in [0.25, 0.3) is 0 Å². The van der Waals surface area contributed by atoms with Gasteiger partial charge in [-0.1, -0.05) is 18.6 Å². The van der Waals surface area contributed by atoms with Crippen LogP contribution in [-0.4, -0.2) is 12.6 Å². The van der Waals surface area contributed by atoms with E-state index in [0.29, 0.717) is 6.61 Å². The standard InChI is InChI=1S/C14H16FO2.CH3.W.Y/c1-11(16)17-10-14(7-2-8-14)9-12-3-5-13(15)6-4-12;;;/h3-6H,1-2,7-10H2;1H3;;/q2*-1;;. The maximum Gasteiger partial charge on any atom is 0.164 e. The Balaban J connectivity index is 0. The summed E-state index contributed by atoms with van der Waals surface area (Å²) in [5.41, 5.74) is 1.14. The van der Waals surface area contributed by atoms with Crippen molar-refractivity contribution < 1.29 is 67.7 Å². The molecular formula is C15H19FO2WY-2. The van der Waals surface area contributed by atoms with Gasteiger partial charge < -0.3 is 12.2 Å². The molecule has 2 rings (SSSR count). The van der Waals surface area contributed by atoms with E-state index in [2.05, 4.69) is 6.92 Å². The molecule has 1 aliphatic carbocycles. The van der Waals surface area contributed by atoms with E-state index in [1.807, 2.05) is 0 Å². The summed E-state index contributed by atoms with van der Waals surface area (Å²) in [5.74, 6) is -0.698. The normalized spacial score (nSPS) is 14.7. The molecule has 0 aromatic heterocycles. The van der Waals surface area contributed by atoms with Crippen molar-refractivity contribution >= 4 is 5.97 Å². The Morgan fingerprint density at radius 2 is 1.85 bits per heavy atom. The summed E-state index contributed by atoms with van der Waals surface area (Å²) in [6, 6.07) is 6.52. The predicted molar refractivity (Wildman–Crippen MR) is 69.1 cm³/mol. The summed E-state index contributed by atoms with van der Waals surface area (Å²) in [6.07, 6.45) is 4.10. The molecule has 1 radical (unpaired) electrons. The van der Waals surface area contributed by atoms with Gasteiger partial charge in [-0.25, -0.2) is 4.39 Å². The first-order valence-corrected chi connectivity index (χ1v) is 5.83. The quantitative estimate of drug-likeness (QED) is 0.448. The van der Waals surface area contributed by atoms with Gasteiger partial charge in [-0.05, 0) is 37.0 Å². The van der Waals surface area contributed by atoms with E-state index < -0.39 is 5.97 Å². The Morgan fingerprint density at radius 1 is 1.30 bits per heavy atom. The summed E-state index contributed by atoms with van der Waals surface area (Å²) >= 11 is 0. The Kier molecular flexibility index (Phi) is 11.4. The molecule has 0 saturated heterocycles. The zero-order valence-corrected chi connectivity index (χ0v) is 17.5. The minimum absolute atomic E-state index is 0. The second kappa shape index (κ2) is 10.1. The molecule has 1 saturated carbocycles. The van der Waals surface area contributed by atoms with Crippen LogP contribution in [0.15, 0.2) is 24.3 Å². The Morgan fingerprint density at radius 3 is 2.25 bits per heavy atom. The Labute approximate surface area is 160 Å². The first-order valence-electron chi connectivity index (χ1n) is 5.83. The Hall–Kier alpha value is 0.282. The van der Waals surface area contributed by atoms with Crippen LogP contribution < -0.4 is 0 Å². The van der Waals surface area contributed by atoms with E-state index >= 15 is 0 Å². The minimum atomic E-state index is -0.476. The number of rotatable bonds is 4. The molecule has 5 heteroatoms. The summed E-state index contributed by atoms with van der Waals surface area (Å²) in [5, 5.41) is 0. The van der Waals surface area contributed by atoms with Gasteiger partial charge in [0.1, 0.15) is 5.82 Å². The van der Waals surface area contributed by atoms with Gasteiger partial charge in [0.25, 0.3) is 0 Å². The van der Waals surface area contributed by atoms with E-state index in [4.69, 9.17) is 4.74 Å². The molecule has 0 heterocycles. The van der Waals surface area contributed by atoms with Crippen LogP contribution in [0, 0.1) is 25.6 Å². The molecule has 0 spiro atoms. The first kappa shape index (κ1) is 22.6. The molecule has 0 N–H and O–H groups in total. The fraction of sp³-hybridized carbons (Fsp3) is 0.400. The molecular weight excluding hydrogens is 504 g/mol. The van der Waals surface area contributed by atoms with Gasteiger partial charge in [0.05, 0.1) is 6.61 Å². The second-order valence-corrected chi connectivity index (χ2v) is 4.82. The topological polar surface area (TPSA) is 26.3 Å². The molecule has 1 aromatic carbocycles. The van der Waals surface area contributed by atoms with Crippen LogP contribution in [0.5, 0.6) is 0 Å². The molecule has 2 nitrogen and oxygen atoms in total. The van der Waals surface area contributed by atoms with Crippen LogP contribution in [0.2, 0.25) is 0 Å². The van der Waals surface area contributed by atoms with Crippen LogP contribution in [-0.2, 0) is 69.7 Å². The van der Waals surface area contributed by atoms with Crippen molar-refractivity contribution in [3.05, 3.63) is 50.0 Å². The van der Waals surface area contributed by atoms with Crippen LogP contribution in [0.4, 0.5) is 4.39 Å². The molecule has 1 fully saturated rings. The smallest absolute Gasteiger partial charge is 0.164 e. The van der Waals surface area contributed by atoms with Crippen molar-refractivity contribution in [1.82, 2.24) is 0 Å². The molecule has 0 amide bonds. The number of hydrogen-bond donors (Lipinski definition) is 0. The van der Waals surface area contributed by atoms with Crippen molar-refractivity contribution in [2.45, 2.75) is 25.7 Å². The van der Waals surface area contributed by atoms with E-state index in [0.717, 1.165) is 31.2 Å². The van der Waals surface area contributed by atoms with E-state index in [1.54, 1.807) is 12.1 Å². The zero-order valence-electron chi connectivity index (χ0n) is 11.7. The molecule has 0 atom stereocenters. The van der Waals surface area contributed by atoms with Gasteiger partial charge in [-0.2, -0.15) is 0 Å². The van der Waals surface area contributed by atoms with Gasteiger partial charge in [0, 0.05) is 59.2 Å². The summed E-state index contributed by atoms with van der Waals surface area (Å²) in [4.78, 5) is 10.7. The van der Waals surface area contributed by atoms with E-state index in [9.17, 15) is 9.18 Å². The van der Waals surface area contributed by atoms with Crippen molar-refractivity contribution in [1.29, 1.82) is 0 Å². The largest absolute Gasteiger partial charge is 0.488 e. The van der Waals surface area contributed by atoms with Gasteiger partial charge >= 0.3 is 0 Å². The zero-order chi connectivity index (χ0) is 12.3. The predicted octanol–water partition coefficient (Wildman–Crippen LogP) is 3.36. The third-order valence-corrected chi connectivity index (χ3v) is 3.45. The summed E-state index contributed by atoms with van der Waals surface area (Å²) in [7, 11) is 0. The van der Waals surface area contributed by atoms with Crippen LogP contribution in [0.3, 0.4) is 0 Å². The molecule has 0 unspecified atom stereocenters. The summed E-state index contributed by atoms with van der Waals surface area (Å²) < 4.78 is 17.8. The van der Waals surface area contributed by atoms with Crippen molar-refractivity contribution in [2.24, 2.45) is 5.41 Å². The average Bonchev–Trinajstić information content (AvgIpc) is 2.24. The molecule has 0 bridgehead atoms. The van der Waals surface area contributed by atoms with Gasteiger partial charge in [-0.3, -0.25) is 11.7 Å². The number of hydrogen-bond acceptors (Lipinski definition) is 2. The fourth-order valence-corrected chi connectivity index (χ4v) is 2.32. The number of carbonyl (C=O) groups excluding carboxylic acids is 1. The Bertz CT molecular complexity index is 405. The molecule has 0 aliphatic heterocycles. The number of esters is 1. The number of ether oxygens (including phenoxy) is 1. The third-order valence-electron chi connectivity index (χ3n) is 3.45. The SMILES string of the molecule is [CH2-]C(=O)OCC1(Cc2ccc(F)cc2)CCC1.[CH3-].[W].[Y]. The molecule has 109 valence electrons. The minimum Gasteiger partial charge on any atom is -0.488 e. The average molecular weight is 523 g/mol. The molecule has 20 heavy (non-hydrogen) atoms. The monoisotopic (exact) mass is 523 g/mol. The van der Waals surface area contributed by atoms with E-state index in [-0.39, 0.29) is 72.4 Å². The maximum absolute atomic E-state index is 12.8. The van der Waals surface area contributed by atoms with Crippen molar-refractivity contribution in [2.75, 3.05) is 6.61 Å². The summed E-state index contributed by atoms with van der Waals surface area (Å²) in [6.45, 7) is 3.63. The first-order chi connectivity index (χ1) is 8.10. The molecule has 1 aliphatic rings. The number of halogens is 1. The van der Waals surface area contributed by atoms with Gasteiger partial charge in [-0.15, -0.1) is 0 Å². The maximum atomic E-state index is 12.8. The number of carbonyl (C=O) groups is 1. The van der Waals surface area contributed by atoms with Crippen molar-refractivity contribution in [3.8, 4) is 0 Å². The van der Waals surface area contributed by atoms with Crippen LogP contribution >= 0.6 is 0 Å². The third kappa shape index (κ3) is 6.37.